The van der Waals surface area contributed by atoms with Crippen LogP contribution in [0.15, 0.2) is 52.4 Å². The van der Waals surface area contributed by atoms with Gasteiger partial charge in [-0.25, -0.2) is 4.98 Å². The third-order valence-electron chi connectivity index (χ3n) is 6.01. The zero-order chi connectivity index (χ0) is 25.7. The second-order valence-electron chi connectivity index (χ2n) is 9.22. The summed E-state index contributed by atoms with van der Waals surface area (Å²) in [7, 11) is 1.57. The molecular formula is C27H31N3O5S. The van der Waals surface area contributed by atoms with E-state index in [1.165, 1.54) is 11.8 Å². The molecule has 0 bridgehead atoms. The first kappa shape index (κ1) is 25.9. The van der Waals surface area contributed by atoms with Crippen molar-refractivity contribution in [3.63, 3.8) is 0 Å². The molecule has 1 fully saturated rings. The fraction of sp³-hybridized carbons (Fsp3) is 0.407. The largest absolute Gasteiger partial charge is 0.497 e. The van der Waals surface area contributed by atoms with E-state index >= 15 is 0 Å². The summed E-state index contributed by atoms with van der Waals surface area (Å²) in [6.07, 6.45) is 1.75. The van der Waals surface area contributed by atoms with E-state index in [0.29, 0.717) is 58.6 Å². The Hall–Kier alpha value is -3.17. The van der Waals surface area contributed by atoms with Crippen LogP contribution in [0.25, 0.3) is 10.9 Å². The first-order chi connectivity index (χ1) is 17.4. The number of ketones is 1. The number of hydrogen-bond donors (Lipinski definition) is 1. The Morgan fingerprint density at radius 2 is 1.94 bits per heavy atom. The number of rotatable bonds is 10. The molecule has 0 radical (unpaired) electrons. The summed E-state index contributed by atoms with van der Waals surface area (Å²) in [5.74, 6) is 0.824. The molecule has 1 N–H and O–H groups in total. The standard InChI is InChI=1S/C27H31N3O5S/c1-17(2)14-28-25(32)19-8-11-22-23(13-19)29-27(30(26(22)33)15-21-5-4-12-35-21)36-16-24(31)18-6-9-20(34-3)10-7-18/h6-11,13,17,21H,4-5,12,14-16H2,1-3H3,(H,28,32)/t21-/m1/s1. The molecule has 1 atom stereocenters. The van der Waals surface area contributed by atoms with Crippen molar-refractivity contribution in [2.75, 3.05) is 26.0 Å². The number of aromatic nitrogens is 2. The number of fused-ring (bicyclic) bond motifs is 1. The Balaban J connectivity index is 1.64. The Labute approximate surface area is 214 Å². The monoisotopic (exact) mass is 509 g/mol. The van der Waals surface area contributed by atoms with Crippen LogP contribution >= 0.6 is 11.8 Å². The molecule has 9 heteroatoms. The number of thioether (sulfide) groups is 1. The van der Waals surface area contributed by atoms with Gasteiger partial charge in [0.05, 0.1) is 36.4 Å². The molecule has 0 aliphatic carbocycles. The zero-order valence-corrected chi connectivity index (χ0v) is 21.6. The number of methoxy groups -OCH3 is 1. The van der Waals surface area contributed by atoms with E-state index in [0.717, 1.165) is 12.8 Å². The lowest BCUT2D eigenvalue weighted by molar-refractivity contribution is 0.0937. The fourth-order valence-electron chi connectivity index (χ4n) is 3.99. The summed E-state index contributed by atoms with van der Waals surface area (Å²) in [5.41, 5.74) is 1.22. The number of carbonyl (C=O) groups excluding carboxylic acids is 2. The molecule has 1 aliphatic rings. The van der Waals surface area contributed by atoms with E-state index in [1.54, 1.807) is 54.1 Å². The predicted molar refractivity (Wildman–Crippen MR) is 140 cm³/mol. The topological polar surface area (TPSA) is 99.5 Å². The molecule has 1 aromatic heterocycles. The Bertz CT molecular complexity index is 1300. The first-order valence-electron chi connectivity index (χ1n) is 12.1. The molecule has 1 aliphatic heterocycles. The molecule has 3 aromatic rings. The summed E-state index contributed by atoms with van der Waals surface area (Å²) in [6, 6.07) is 11.9. The minimum Gasteiger partial charge on any atom is -0.497 e. The maximum absolute atomic E-state index is 13.5. The van der Waals surface area contributed by atoms with Crippen molar-refractivity contribution in [2.45, 2.75) is 44.5 Å². The van der Waals surface area contributed by atoms with E-state index in [-0.39, 0.29) is 29.1 Å². The number of nitrogens with zero attached hydrogens (tertiary/aromatic N) is 2. The van der Waals surface area contributed by atoms with Crippen LogP contribution in [0.3, 0.4) is 0 Å². The summed E-state index contributed by atoms with van der Waals surface area (Å²) in [4.78, 5) is 43.6. The number of hydrogen-bond acceptors (Lipinski definition) is 7. The van der Waals surface area contributed by atoms with E-state index in [4.69, 9.17) is 14.5 Å². The van der Waals surface area contributed by atoms with Gasteiger partial charge in [-0.3, -0.25) is 19.0 Å². The number of Topliss-reactive ketones (excluding diaryl/α,β-unsaturated/α-hetero) is 1. The minimum atomic E-state index is -0.208. The van der Waals surface area contributed by atoms with Crippen LogP contribution in [-0.2, 0) is 11.3 Å². The third kappa shape index (κ3) is 6.14. The highest BCUT2D eigenvalue weighted by Crippen LogP contribution is 2.23. The molecule has 1 saturated heterocycles. The van der Waals surface area contributed by atoms with Crippen LogP contribution in [-0.4, -0.2) is 53.4 Å². The van der Waals surface area contributed by atoms with Gasteiger partial charge in [-0.05, 0) is 61.2 Å². The van der Waals surface area contributed by atoms with Gasteiger partial charge in [0.1, 0.15) is 5.75 Å². The Morgan fingerprint density at radius 1 is 1.19 bits per heavy atom. The van der Waals surface area contributed by atoms with Crippen LogP contribution < -0.4 is 15.6 Å². The Morgan fingerprint density at radius 3 is 2.61 bits per heavy atom. The molecule has 8 nitrogen and oxygen atoms in total. The second-order valence-corrected chi connectivity index (χ2v) is 10.2. The van der Waals surface area contributed by atoms with Crippen LogP contribution in [0.4, 0.5) is 0 Å². The average molecular weight is 510 g/mol. The van der Waals surface area contributed by atoms with Crippen molar-refractivity contribution in [3.05, 3.63) is 63.9 Å². The molecule has 36 heavy (non-hydrogen) atoms. The van der Waals surface area contributed by atoms with Gasteiger partial charge in [-0.2, -0.15) is 0 Å². The van der Waals surface area contributed by atoms with Gasteiger partial charge in [0, 0.05) is 24.3 Å². The van der Waals surface area contributed by atoms with Crippen molar-refractivity contribution in [3.8, 4) is 5.75 Å². The lowest BCUT2D eigenvalue weighted by atomic mass is 10.1. The maximum Gasteiger partial charge on any atom is 0.262 e. The molecule has 1 amide bonds. The summed E-state index contributed by atoms with van der Waals surface area (Å²) in [5, 5.41) is 3.76. The number of nitrogens with one attached hydrogen (secondary N) is 1. The van der Waals surface area contributed by atoms with Crippen molar-refractivity contribution < 1.29 is 19.1 Å². The van der Waals surface area contributed by atoms with E-state index in [2.05, 4.69) is 5.32 Å². The summed E-state index contributed by atoms with van der Waals surface area (Å²) < 4.78 is 12.5. The normalized spacial score (nSPS) is 15.4. The Kier molecular flexibility index (Phi) is 8.43. The summed E-state index contributed by atoms with van der Waals surface area (Å²) in [6.45, 7) is 5.65. The first-order valence-corrected chi connectivity index (χ1v) is 13.1. The molecular weight excluding hydrogens is 478 g/mol. The lowest BCUT2D eigenvalue weighted by Crippen LogP contribution is -2.30. The molecule has 4 rings (SSSR count). The van der Waals surface area contributed by atoms with Crippen molar-refractivity contribution in [2.24, 2.45) is 5.92 Å². The zero-order valence-electron chi connectivity index (χ0n) is 20.8. The molecule has 2 heterocycles. The van der Waals surface area contributed by atoms with Gasteiger partial charge in [0.15, 0.2) is 10.9 Å². The molecule has 0 saturated carbocycles. The predicted octanol–water partition coefficient (Wildman–Crippen LogP) is 3.94. The van der Waals surface area contributed by atoms with Crippen LogP contribution in [0.1, 0.15) is 47.4 Å². The van der Waals surface area contributed by atoms with E-state index in [1.807, 2.05) is 13.8 Å². The highest BCUT2D eigenvalue weighted by molar-refractivity contribution is 7.99. The summed E-state index contributed by atoms with van der Waals surface area (Å²) >= 11 is 1.22. The maximum atomic E-state index is 13.5. The van der Waals surface area contributed by atoms with Gasteiger partial charge < -0.3 is 14.8 Å². The van der Waals surface area contributed by atoms with Gasteiger partial charge in [-0.15, -0.1) is 0 Å². The second kappa shape index (κ2) is 11.7. The smallest absolute Gasteiger partial charge is 0.262 e. The fourth-order valence-corrected chi connectivity index (χ4v) is 4.90. The highest BCUT2D eigenvalue weighted by atomic mass is 32.2. The minimum absolute atomic E-state index is 0.0697. The molecule has 0 unspecified atom stereocenters. The SMILES string of the molecule is COc1ccc(C(=O)CSc2nc3cc(C(=O)NCC(C)C)ccc3c(=O)n2C[C@H]2CCCO2)cc1. The van der Waals surface area contributed by atoms with Crippen LogP contribution in [0.2, 0.25) is 0 Å². The quantitative estimate of drug-likeness (QED) is 0.251. The number of ether oxygens (including phenoxy) is 2. The molecule has 2 aromatic carbocycles. The average Bonchev–Trinajstić information content (AvgIpc) is 3.40. The van der Waals surface area contributed by atoms with Crippen molar-refractivity contribution >= 4 is 34.4 Å². The number of carbonyl (C=O) groups is 2. The van der Waals surface area contributed by atoms with Gasteiger partial charge in [-0.1, -0.05) is 25.6 Å². The molecule has 0 spiro atoms. The molecule has 190 valence electrons. The van der Waals surface area contributed by atoms with Crippen LogP contribution in [0.5, 0.6) is 5.75 Å². The number of benzene rings is 2. The van der Waals surface area contributed by atoms with Gasteiger partial charge in [0.2, 0.25) is 0 Å². The van der Waals surface area contributed by atoms with Crippen molar-refractivity contribution in [1.82, 2.24) is 14.9 Å². The lowest BCUT2D eigenvalue weighted by Gasteiger charge is -2.17. The van der Waals surface area contributed by atoms with Gasteiger partial charge >= 0.3 is 0 Å². The highest BCUT2D eigenvalue weighted by Gasteiger charge is 2.21. The van der Waals surface area contributed by atoms with Gasteiger partial charge in [0.25, 0.3) is 11.5 Å². The van der Waals surface area contributed by atoms with E-state index in [9.17, 15) is 14.4 Å². The number of amides is 1. The van der Waals surface area contributed by atoms with Crippen LogP contribution in [0, 0.1) is 5.92 Å². The third-order valence-corrected chi connectivity index (χ3v) is 6.98. The van der Waals surface area contributed by atoms with Crippen molar-refractivity contribution in [1.29, 1.82) is 0 Å². The van der Waals surface area contributed by atoms with E-state index < -0.39 is 0 Å².